The van der Waals surface area contributed by atoms with Gasteiger partial charge in [0.15, 0.2) is 0 Å². The van der Waals surface area contributed by atoms with Crippen LogP contribution in [0.2, 0.25) is 0 Å². The number of nitrogens with one attached hydrogen (secondary N) is 1. The SMILES string of the molecule is O=C(O)CSCC(=O)N1CCC2NC(=O)N(c3ccc(F)cc3)C(=O)C21. The summed E-state index contributed by atoms with van der Waals surface area (Å²) in [5.41, 5.74) is 0.215. The zero-order chi connectivity index (χ0) is 18.8. The molecule has 1 aromatic carbocycles. The van der Waals surface area contributed by atoms with E-state index in [9.17, 15) is 23.6 Å². The maximum absolute atomic E-state index is 13.1. The number of urea groups is 1. The van der Waals surface area contributed by atoms with E-state index >= 15 is 0 Å². The third-order valence-corrected chi connectivity index (χ3v) is 5.14. The Hall–Kier alpha value is -2.62. The van der Waals surface area contributed by atoms with Crippen LogP contribution >= 0.6 is 11.8 Å². The Bertz CT molecular complexity index is 757. The predicted molar refractivity (Wildman–Crippen MR) is 91.3 cm³/mol. The smallest absolute Gasteiger partial charge is 0.329 e. The van der Waals surface area contributed by atoms with Crippen molar-refractivity contribution in [3.8, 4) is 0 Å². The van der Waals surface area contributed by atoms with Crippen LogP contribution in [0.5, 0.6) is 0 Å². The van der Waals surface area contributed by atoms with Crippen molar-refractivity contribution in [2.45, 2.75) is 18.5 Å². The summed E-state index contributed by atoms with van der Waals surface area (Å²) < 4.78 is 13.1. The minimum Gasteiger partial charge on any atom is -0.481 e. The molecule has 1 aromatic rings. The molecule has 0 bridgehead atoms. The molecule has 138 valence electrons. The number of carboxylic acids is 1. The molecule has 2 unspecified atom stereocenters. The second kappa shape index (κ2) is 7.32. The minimum atomic E-state index is -1.02. The van der Waals surface area contributed by atoms with Crippen molar-refractivity contribution in [3.05, 3.63) is 30.1 Å². The van der Waals surface area contributed by atoms with Crippen LogP contribution in [0, 0.1) is 5.82 Å². The number of likely N-dealkylation sites (tertiary alicyclic amines) is 1. The van der Waals surface area contributed by atoms with Crippen molar-refractivity contribution in [2.75, 3.05) is 23.0 Å². The highest BCUT2D eigenvalue weighted by Crippen LogP contribution is 2.28. The lowest BCUT2D eigenvalue weighted by atomic mass is 10.0. The van der Waals surface area contributed by atoms with Crippen LogP contribution in [0.4, 0.5) is 14.9 Å². The van der Waals surface area contributed by atoms with E-state index < -0.39 is 35.8 Å². The third kappa shape index (κ3) is 3.50. The number of anilines is 1. The molecular formula is C16H16FN3O5S. The van der Waals surface area contributed by atoms with Gasteiger partial charge in [-0.05, 0) is 30.7 Å². The molecule has 2 saturated heterocycles. The van der Waals surface area contributed by atoms with Gasteiger partial charge in [-0.3, -0.25) is 14.4 Å². The molecule has 2 fully saturated rings. The first-order chi connectivity index (χ1) is 12.4. The van der Waals surface area contributed by atoms with Gasteiger partial charge in [-0.2, -0.15) is 0 Å². The molecule has 2 N–H and O–H groups in total. The van der Waals surface area contributed by atoms with Gasteiger partial charge < -0.3 is 15.3 Å². The van der Waals surface area contributed by atoms with E-state index in [1.807, 2.05) is 0 Å². The molecule has 0 radical (unpaired) electrons. The standard InChI is InChI=1S/C16H16FN3O5S/c17-9-1-3-10(4-2-9)20-15(24)14-11(18-16(20)25)5-6-19(14)12(21)7-26-8-13(22)23/h1-4,11,14H,5-8H2,(H,18,25)(H,22,23). The Labute approximate surface area is 152 Å². The van der Waals surface area contributed by atoms with E-state index in [0.29, 0.717) is 13.0 Å². The van der Waals surface area contributed by atoms with Gasteiger partial charge in [-0.25, -0.2) is 14.1 Å². The highest BCUT2D eigenvalue weighted by molar-refractivity contribution is 8.00. The Morgan fingerprint density at radius 2 is 1.92 bits per heavy atom. The van der Waals surface area contributed by atoms with Crippen LogP contribution in [0.25, 0.3) is 0 Å². The van der Waals surface area contributed by atoms with Crippen molar-refractivity contribution >= 4 is 41.3 Å². The summed E-state index contributed by atoms with van der Waals surface area (Å²) in [4.78, 5) is 50.4. The first kappa shape index (κ1) is 18.2. The van der Waals surface area contributed by atoms with E-state index in [1.54, 1.807) is 0 Å². The first-order valence-electron chi connectivity index (χ1n) is 7.87. The van der Waals surface area contributed by atoms with E-state index in [2.05, 4.69) is 5.32 Å². The molecule has 2 aliphatic heterocycles. The number of carbonyl (C=O) groups is 4. The van der Waals surface area contributed by atoms with Crippen molar-refractivity contribution in [2.24, 2.45) is 0 Å². The Morgan fingerprint density at radius 1 is 1.23 bits per heavy atom. The number of amides is 4. The Balaban J connectivity index is 1.77. The summed E-state index contributed by atoms with van der Waals surface area (Å²) >= 11 is 0.952. The average molecular weight is 381 g/mol. The lowest BCUT2D eigenvalue weighted by molar-refractivity contribution is -0.136. The first-order valence-corrected chi connectivity index (χ1v) is 9.03. The molecule has 2 heterocycles. The largest absolute Gasteiger partial charge is 0.481 e. The van der Waals surface area contributed by atoms with Gasteiger partial charge in [0.1, 0.15) is 11.9 Å². The van der Waals surface area contributed by atoms with E-state index in [0.717, 1.165) is 28.8 Å². The van der Waals surface area contributed by atoms with Crippen LogP contribution in [-0.4, -0.2) is 64.0 Å². The summed E-state index contributed by atoms with van der Waals surface area (Å²) in [6, 6.07) is 2.96. The number of fused-ring (bicyclic) bond motifs is 1. The summed E-state index contributed by atoms with van der Waals surface area (Å²) in [7, 11) is 0. The fourth-order valence-corrected chi connectivity index (χ4v) is 3.74. The monoisotopic (exact) mass is 381 g/mol. The number of imide groups is 1. The Kier molecular flexibility index (Phi) is 5.12. The number of hydrogen-bond acceptors (Lipinski definition) is 5. The molecule has 3 rings (SSSR count). The molecule has 2 aliphatic rings. The van der Waals surface area contributed by atoms with Crippen molar-refractivity contribution in [1.29, 1.82) is 0 Å². The van der Waals surface area contributed by atoms with Gasteiger partial charge in [0.25, 0.3) is 5.91 Å². The van der Waals surface area contributed by atoms with E-state index in [4.69, 9.17) is 5.11 Å². The number of aliphatic carboxylic acids is 1. The molecule has 0 spiro atoms. The summed E-state index contributed by atoms with van der Waals surface area (Å²) in [6.07, 6.45) is 0.439. The fraction of sp³-hybridized carbons (Fsp3) is 0.375. The number of thioether (sulfide) groups is 1. The molecule has 4 amide bonds. The number of nitrogens with zero attached hydrogens (tertiary/aromatic N) is 2. The highest BCUT2D eigenvalue weighted by atomic mass is 32.2. The molecule has 0 aromatic heterocycles. The molecule has 10 heteroatoms. The molecule has 2 atom stereocenters. The van der Waals surface area contributed by atoms with Gasteiger partial charge in [-0.1, -0.05) is 0 Å². The summed E-state index contributed by atoms with van der Waals surface area (Å²) in [5, 5.41) is 11.4. The number of carbonyl (C=O) groups excluding carboxylic acids is 3. The van der Waals surface area contributed by atoms with Gasteiger partial charge >= 0.3 is 12.0 Å². The highest BCUT2D eigenvalue weighted by Gasteiger charge is 2.49. The normalized spacial score (nSPS) is 22.2. The van der Waals surface area contributed by atoms with Crippen LogP contribution in [0.1, 0.15) is 6.42 Å². The van der Waals surface area contributed by atoms with Crippen molar-refractivity contribution in [3.63, 3.8) is 0 Å². The van der Waals surface area contributed by atoms with E-state index in [-0.39, 0.29) is 23.1 Å². The topological polar surface area (TPSA) is 107 Å². The zero-order valence-corrected chi connectivity index (χ0v) is 14.4. The van der Waals surface area contributed by atoms with Crippen LogP contribution in [0.3, 0.4) is 0 Å². The number of carboxylic acid groups (broad SMARTS) is 1. The average Bonchev–Trinajstić information content (AvgIpc) is 3.00. The van der Waals surface area contributed by atoms with Gasteiger partial charge in [0, 0.05) is 6.54 Å². The quantitative estimate of drug-likeness (QED) is 0.776. The Morgan fingerprint density at radius 3 is 2.58 bits per heavy atom. The van der Waals surface area contributed by atoms with Crippen molar-refractivity contribution in [1.82, 2.24) is 10.2 Å². The second-order valence-electron chi connectivity index (χ2n) is 5.91. The second-order valence-corrected chi connectivity index (χ2v) is 6.90. The van der Waals surface area contributed by atoms with E-state index in [1.165, 1.54) is 17.0 Å². The lowest BCUT2D eigenvalue weighted by Gasteiger charge is -2.36. The van der Waals surface area contributed by atoms with Gasteiger partial charge in [0.2, 0.25) is 5.91 Å². The number of rotatable bonds is 5. The van der Waals surface area contributed by atoms with Crippen LogP contribution in [-0.2, 0) is 14.4 Å². The molecule has 26 heavy (non-hydrogen) atoms. The number of benzene rings is 1. The van der Waals surface area contributed by atoms with Gasteiger partial charge in [-0.15, -0.1) is 11.8 Å². The van der Waals surface area contributed by atoms with Crippen LogP contribution < -0.4 is 10.2 Å². The third-order valence-electron chi connectivity index (χ3n) is 4.24. The number of hydrogen-bond donors (Lipinski definition) is 2. The molecule has 8 nitrogen and oxygen atoms in total. The van der Waals surface area contributed by atoms with Gasteiger partial charge in [0.05, 0.1) is 23.2 Å². The predicted octanol–water partition coefficient (Wildman–Crippen LogP) is 0.669. The van der Waals surface area contributed by atoms with Crippen LogP contribution in [0.15, 0.2) is 24.3 Å². The summed E-state index contributed by atoms with van der Waals surface area (Å²) in [6.45, 7) is 0.297. The zero-order valence-electron chi connectivity index (χ0n) is 13.6. The maximum atomic E-state index is 13.1. The van der Waals surface area contributed by atoms with Crippen molar-refractivity contribution < 1.29 is 28.7 Å². The molecule has 0 aliphatic carbocycles. The molecular weight excluding hydrogens is 365 g/mol. The number of halogens is 1. The summed E-state index contributed by atoms with van der Waals surface area (Å²) in [5.74, 6) is -2.70. The molecule has 0 saturated carbocycles. The maximum Gasteiger partial charge on any atom is 0.329 e. The fourth-order valence-electron chi connectivity index (χ4n) is 3.13. The minimum absolute atomic E-state index is 0.0622. The lowest BCUT2D eigenvalue weighted by Crippen LogP contribution is -2.65.